The quantitative estimate of drug-likeness (QED) is 0.875. The van der Waals surface area contributed by atoms with Crippen molar-refractivity contribution in [1.82, 2.24) is 4.98 Å². The van der Waals surface area contributed by atoms with Gasteiger partial charge in [0.2, 0.25) is 0 Å². The average molecular weight is 290 g/mol. The Morgan fingerprint density at radius 3 is 2.45 bits per heavy atom. The number of aromatic nitrogens is 1. The molecule has 0 saturated heterocycles. The molecule has 0 aliphatic rings. The molecular weight excluding hydrogens is 274 g/mol. The van der Waals surface area contributed by atoms with E-state index < -0.39 is 5.97 Å². The van der Waals surface area contributed by atoms with Crippen LogP contribution in [0.15, 0.2) is 54.2 Å². The fourth-order valence-electron chi connectivity index (χ4n) is 1.76. The minimum Gasteiger partial charge on any atom is -0.478 e. The van der Waals surface area contributed by atoms with Crippen molar-refractivity contribution < 1.29 is 9.90 Å². The topological polar surface area (TPSA) is 50.2 Å². The van der Waals surface area contributed by atoms with Gasteiger partial charge in [0.1, 0.15) is 0 Å². The van der Waals surface area contributed by atoms with E-state index in [0.29, 0.717) is 5.57 Å². The maximum absolute atomic E-state index is 10.7. The van der Waals surface area contributed by atoms with Gasteiger partial charge in [-0.1, -0.05) is 30.3 Å². The van der Waals surface area contributed by atoms with Crippen LogP contribution in [-0.2, 0) is 11.2 Å². The van der Waals surface area contributed by atoms with Gasteiger partial charge in [0, 0.05) is 23.9 Å². The summed E-state index contributed by atoms with van der Waals surface area (Å²) in [4.78, 5) is 15.0. The Morgan fingerprint density at radius 2 is 1.90 bits per heavy atom. The summed E-state index contributed by atoms with van der Waals surface area (Å²) in [5, 5.41) is 8.82. The summed E-state index contributed by atoms with van der Waals surface area (Å²) >= 11 is 0. The first-order chi connectivity index (χ1) is 9.15. The number of pyridine rings is 1. The largest absolute Gasteiger partial charge is 0.478 e. The van der Waals surface area contributed by atoms with Crippen molar-refractivity contribution in [1.29, 1.82) is 0 Å². The summed E-state index contributed by atoms with van der Waals surface area (Å²) in [5.74, 6) is -0.891. The molecule has 0 aliphatic carbocycles. The van der Waals surface area contributed by atoms with Gasteiger partial charge < -0.3 is 5.11 Å². The molecule has 2 rings (SSSR count). The number of benzene rings is 1. The van der Waals surface area contributed by atoms with Crippen LogP contribution in [0.1, 0.15) is 23.7 Å². The third-order valence-corrected chi connectivity index (χ3v) is 2.81. The lowest BCUT2D eigenvalue weighted by Crippen LogP contribution is -1.95. The number of rotatable bonds is 4. The fourth-order valence-corrected chi connectivity index (χ4v) is 1.76. The molecule has 0 radical (unpaired) electrons. The smallest absolute Gasteiger partial charge is 0.331 e. The summed E-state index contributed by atoms with van der Waals surface area (Å²) in [6, 6.07) is 13.7. The second kappa shape index (κ2) is 7.46. The zero-order chi connectivity index (χ0) is 13.7. The molecule has 0 bridgehead atoms. The van der Waals surface area contributed by atoms with E-state index in [1.54, 1.807) is 19.2 Å². The lowest BCUT2D eigenvalue weighted by molar-refractivity contribution is -0.132. The first-order valence-corrected chi connectivity index (χ1v) is 6.05. The van der Waals surface area contributed by atoms with Gasteiger partial charge in [0.15, 0.2) is 0 Å². The Hall–Kier alpha value is -2.13. The second-order valence-electron chi connectivity index (χ2n) is 4.37. The van der Waals surface area contributed by atoms with Gasteiger partial charge in [-0.15, -0.1) is 12.4 Å². The highest BCUT2D eigenvalue weighted by Gasteiger charge is 2.00. The number of hydrogen-bond acceptors (Lipinski definition) is 2. The van der Waals surface area contributed by atoms with E-state index in [1.165, 1.54) is 0 Å². The normalized spacial score (nSPS) is 10.8. The molecule has 1 aromatic heterocycles. The first kappa shape index (κ1) is 15.9. The third kappa shape index (κ3) is 4.52. The number of carboxylic acid groups (broad SMARTS) is 1. The van der Waals surface area contributed by atoms with E-state index in [1.807, 2.05) is 42.5 Å². The summed E-state index contributed by atoms with van der Waals surface area (Å²) in [6.45, 7) is 1.59. The monoisotopic (exact) mass is 289 g/mol. The number of carboxylic acids is 1. The minimum absolute atomic E-state index is 0. The van der Waals surface area contributed by atoms with Crippen molar-refractivity contribution in [2.45, 2.75) is 13.3 Å². The molecule has 0 saturated carbocycles. The molecule has 1 heterocycles. The SMILES string of the molecule is C/C(=C\c1ccc(Cc2ccccn2)cc1)C(=O)O.Cl. The number of nitrogens with zero attached hydrogens (tertiary/aromatic N) is 1. The van der Waals surface area contributed by atoms with E-state index in [-0.39, 0.29) is 12.4 Å². The molecule has 0 amide bonds. The highest BCUT2D eigenvalue weighted by molar-refractivity contribution is 5.91. The van der Waals surface area contributed by atoms with E-state index >= 15 is 0 Å². The molecule has 20 heavy (non-hydrogen) atoms. The predicted octanol–water partition coefficient (Wildman–Crippen LogP) is 3.58. The van der Waals surface area contributed by atoms with Crippen LogP contribution in [0.4, 0.5) is 0 Å². The van der Waals surface area contributed by atoms with Gasteiger partial charge in [0.25, 0.3) is 0 Å². The first-order valence-electron chi connectivity index (χ1n) is 6.05. The highest BCUT2D eigenvalue weighted by Crippen LogP contribution is 2.12. The molecule has 0 unspecified atom stereocenters. The van der Waals surface area contributed by atoms with Crippen LogP contribution in [0.5, 0.6) is 0 Å². The van der Waals surface area contributed by atoms with Crippen LogP contribution in [-0.4, -0.2) is 16.1 Å². The summed E-state index contributed by atoms with van der Waals surface area (Å²) in [6.07, 6.45) is 4.22. The van der Waals surface area contributed by atoms with Crippen molar-refractivity contribution in [3.8, 4) is 0 Å². The molecule has 1 aromatic carbocycles. The second-order valence-corrected chi connectivity index (χ2v) is 4.37. The number of aliphatic carboxylic acids is 1. The Morgan fingerprint density at radius 1 is 1.20 bits per heavy atom. The van der Waals surface area contributed by atoms with Crippen LogP contribution in [0.25, 0.3) is 6.08 Å². The average Bonchev–Trinajstić information content (AvgIpc) is 2.42. The van der Waals surface area contributed by atoms with Crippen molar-refractivity contribution >= 4 is 24.5 Å². The van der Waals surface area contributed by atoms with Gasteiger partial charge in [-0.05, 0) is 36.3 Å². The molecule has 1 N–H and O–H groups in total. The molecule has 0 fully saturated rings. The molecule has 4 heteroatoms. The predicted molar refractivity (Wildman–Crippen MR) is 82.0 cm³/mol. The van der Waals surface area contributed by atoms with Crippen molar-refractivity contribution in [2.24, 2.45) is 0 Å². The zero-order valence-electron chi connectivity index (χ0n) is 11.1. The van der Waals surface area contributed by atoms with Crippen LogP contribution < -0.4 is 0 Å². The Bertz CT molecular complexity index is 592. The van der Waals surface area contributed by atoms with Gasteiger partial charge in [-0.2, -0.15) is 0 Å². The van der Waals surface area contributed by atoms with Crippen LogP contribution in [0, 0.1) is 0 Å². The molecular formula is C16H16ClNO2. The van der Waals surface area contributed by atoms with Gasteiger partial charge in [-0.3, -0.25) is 4.98 Å². The third-order valence-electron chi connectivity index (χ3n) is 2.81. The van der Waals surface area contributed by atoms with E-state index in [2.05, 4.69) is 4.98 Å². The lowest BCUT2D eigenvalue weighted by atomic mass is 10.1. The maximum atomic E-state index is 10.7. The van der Waals surface area contributed by atoms with Crippen molar-refractivity contribution in [3.05, 3.63) is 71.1 Å². The van der Waals surface area contributed by atoms with Crippen LogP contribution in [0.2, 0.25) is 0 Å². The summed E-state index contributed by atoms with van der Waals surface area (Å²) in [7, 11) is 0. The zero-order valence-corrected chi connectivity index (χ0v) is 11.9. The van der Waals surface area contributed by atoms with Crippen LogP contribution in [0.3, 0.4) is 0 Å². The fraction of sp³-hybridized carbons (Fsp3) is 0.125. The molecule has 2 aromatic rings. The van der Waals surface area contributed by atoms with Crippen molar-refractivity contribution in [2.75, 3.05) is 0 Å². The lowest BCUT2D eigenvalue weighted by Gasteiger charge is -2.02. The number of carbonyl (C=O) groups is 1. The van der Waals surface area contributed by atoms with Crippen LogP contribution >= 0.6 is 12.4 Å². The Balaban J connectivity index is 0.00000200. The van der Waals surface area contributed by atoms with Gasteiger partial charge >= 0.3 is 5.97 Å². The molecule has 0 atom stereocenters. The van der Waals surface area contributed by atoms with E-state index in [9.17, 15) is 4.79 Å². The van der Waals surface area contributed by atoms with E-state index in [0.717, 1.165) is 23.2 Å². The maximum Gasteiger partial charge on any atom is 0.331 e. The molecule has 0 aliphatic heterocycles. The standard InChI is InChI=1S/C16H15NO2.ClH/c1-12(16(18)19)10-13-5-7-14(8-6-13)11-15-4-2-3-9-17-15;/h2-10H,11H2,1H3,(H,18,19);1H/b12-10+;. The summed E-state index contributed by atoms with van der Waals surface area (Å²) < 4.78 is 0. The minimum atomic E-state index is -0.891. The highest BCUT2D eigenvalue weighted by atomic mass is 35.5. The Kier molecular flexibility index (Phi) is 5.94. The Labute approximate surface area is 124 Å². The van der Waals surface area contributed by atoms with Gasteiger partial charge in [0.05, 0.1) is 0 Å². The summed E-state index contributed by atoms with van der Waals surface area (Å²) in [5.41, 5.74) is 3.40. The molecule has 3 nitrogen and oxygen atoms in total. The number of hydrogen-bond donors (Lipinski definition) is 1. The van der Waals surface area contributed by atoms with Gasteiger partial charge in [-0.25, -0.2) is 4.79 Å². The molecule has 104 valence electrons. The number of halogens is 1. The van der Waals surface area contributed by atoms with E-state index in [4.69, 9.17) is 5.11 Å². The molecule has 0 spiro atoms. The van der Waals surface area contributed by atoms with Crippen molar-refractivity contribution in [3.63, 3.8) is 0 Å².